The summed E-state index contributed by atoms with van der Waals surface area (Å²) in [5, 5.41) is 3.05. The SMILES string of the molecule is O=C(COC(=O)[C@H]1CC(=O)N(Cc2ccccc2)C1)Nc1cccc(Cl)c1Cl. The van der Waals surface area contributed by atoms with Crippen molar-refractivity contribution in [2.45, 2.75) is 13.0 Å². The number of carbonyl (C=O) groups excluding carboxylic acids is 3. The molecule has 1 aliphatic rings. The second-order valence-corrected chi connectivity index (χ2v) is 7.20. The maximum Gasteiger partial charge on any atom is 0.311 e. The number of carbonyl (C=O) groups is 3. The van der Waals surface area contributed by atoms with Crippen molar-refractivity contribution in [2.24, 2.45) is 5.92 Å². The van der Waals surface area contributed by atoms with Gasteiger partial charge in [0.1, 0.15) is 0 Å². The Labute approximate surface area is 172 Å². The molecule has 3 rings (SSSR count). The number of nitrogens with zero attached hydrogens (tertiary/aromatic N) is 1. The summed E-state index contributed by atoms with van der Waals surface area (Å²) >= 11 is 11.9. The van der Waals surface area contributed by atoms with Gasteiger partial charge in [-0.2, -0.15) is 0 Å². The molecule has 1 aliphatic heterocycles. The minimum atomic E-state index is -0.584. The first-order valence-electron chi connectivity index (χ1n) is 8.66. The molecule has 8 heteroatoms. The average molecular weight is 421 g/mol. The summed E-state index contributed by atoms with van der Waals surface area (Å²) < 4.78 is 5.07. The van der Waals surface area contributed by atoms with E-state index in [9.17, 15) is 14.4 Å². The van der Waals surface area contributed by atoms with Gasteiger partial charge in [-0.15, -0.1) is 0 Å². The molecule has 0 aromatic heterocycles. The normalized spacial score (nSPS) is 16.1. The van der Waals surface area contributed by atoms with Crippen molar-refractivity contribution in [3.63, 3.8) is 0 Å². The Morgan fingerprint density at radius 3 is 2.61 bits per heavy atom. The quantitative estimate of drug-likeness (QED) is 0.725. The van der Waals surface area contributed by atoms with Gasteiger partial charge in [-0.1, -0.05) is 59.6 Å². The fraction of sp³-hybridized carbons (Fsp3) is 0.250. The van der Waals surface area contributed by atoms with E-state index in [1.807, 2.05) is 30.3 Å². The molecule has 0 saturated carbocycles. The van der Waals surface area contributed by atoms with E-state index in [4.69, 9.17) is 27.9 Å². The topological polar surface area (TPSA) is 75.7 Å². The number of amides is 2. The van der Waals surface area contributed by atoms with Gasteiger partial charge in [0.15, 0.2) is 6.61 Å². The summed E-state index contributed by atoms with van der Waals surface area (Å²) in [5.41, 5.74) is 1.32. The standard InChI is InChI=1S/C20H18Cl2N2O4/c21-15-7-4-8-16(19(15)22)23-17(25)12-28-20(27)14-9-18(26)24(11-14)10-13-5-2-1-3-6-13/h1-8,14H,9-12H2,(H,23,25)/t14-/m0/s1. The van der Waals surface area contributed by atoms with Gasteiger partial charge in [0.05, 0.1) is 21.7 Å². The number of anilines is 1. The van der Waals surface area contributed by atoms with Crippen LogP contribution in [0.5, 0.6) is 0 Å². The van der Waals surface area contributed by atoms with E-state index in [1.54, 1.807) is 23.1 Å². The molecule has 0 spiro atoms. The average Bonchev–Trinajstić information content (AvgIpc) is 3.05. The third-order valence-electron chi connectivity index (χ3n) is 4.34. The van der Waals surface area contributed by atoms with Crippen LogP contribution in [0.2, 0.25) is 10.0 Å². The summed E-state index contributed by atoms with van der Waals surface area (Å²) in [6.07, 6.45) is 0.0768. The fourth-order valence-electron chi connectivity index (χ4n) is 2.93. The number of nitrogens with one attached hydrogen (secondary N) is 1. The first-order chi connectivity index (χ1) is 13.4. The number of hydrogen-bond donors (Lipinski definition) is 1. The predicted molar refractivity (Wildman–Crippen MR) is 106 cm³/mol. The first-order valence-corrected chi connectivity index (χ1v) is 9.42. The van der Waals surface area contributed by atoms with Gasteiger partial charge in [-0.05, 0) is 17.7 Å². The minimum Gasteiger partial charge on any atom is -0.455 e. The van der Waals surface area contributed by atoms with Crippen molar-refractivity contribution in [2.75, 3.05) is 18.5 Å². The van der Waals surface area contributed by atoms with Crippen LogP contribution in [0, 0.1) is 5.92 Å². The summed E-state index contributed by atoms with van der Waals surface area (Å²) in [5.74, 6) is -1.81. The largest absolute Gasteiger partial charge is 0.455 e. The molecule has 1 heterocycles. The van der Waals surface area contributed by atoms with Crippen molar-refractivity contribution in [3.8, 4) is 0 Å². The maximum atomic E-state index is 12.2. The highest BCUT2D eigenvalue weighted by Crippen LogP contribution is 2.29. The Hall–Kier alpha value is -2.57. The van der Waals surface area contributed by atoms with Gasteiger partial charge in [0.25, 0.3) is 5.91 Å². The molecule has 1 saturated heterocycles. The Kier molecular flexibility index (Phi) is 6.54. The van der Waals surface area contributed by atoms with Crippen LogP contribution in [0.25, 0.3) is 0 Å². The third-order valence-corrected chi connectivity index (χ3v) is 5.15. The van der Waals surface area contributed by atoms with E-state index in [1.165, 1.54) is 0 Å². The van der Waals surface area contributed by atoms with Crippen molar-refractivity contribution < 1.29 is 19.1 Å². The van der Waals surface area contributed by atoms with Crippen molar-refractivity contribution >= 4 is 46.7 Å². The van der Waals surface area contributed by atoms with E-state index < -0.39 is 24.4 Å². The van der Waals surface area contributed by atoms with E-state index in [0.29, 0.717) is 17.3 Å². The molecule has 2 aromatic rings. The van der Waals surface area contributed by atoms with Crippen LogP contribution < -0.4 is 5.32 Å². The molecule has 0 radical (unpaired) electrons. The zero-order chi connectivity index (χ0) is 20.1. The maximum absolute atomic E-state index is 12.2. The van der Waals surface area contributed by atoms with Crippen molar-refractivity contribution in [1.82, 2.24) is 4.90 Å². The molecule has 0 unspecified atom stereocenters. The molecular weight excluding hydrogens is 403 g/mol. The zero-order valence-electron chi connectivity index (χ0n) is 14.9. The number of esters is 1. The van der Waals surface area contributed by atoms with Gasteiger partial charge in [-0.3, -0.25) is 14.4 Å². The number of rotatable bonds is 6. The summed E-state index contributed by atoms with van der Waals surface area (Å²) in [4.78, 5) is 38.0. The summed E-state index contributed by atoms with van der Waals surface area (Å²) in [7, 11) is 0. The number of likely N-dealkylation sites (tertiary alicyclic amines) is 1. The van der Waals surface area contributed by atoms with E-state index in [2.05, 4.69) is 5.32 Å². The third kappa shape index (κ3) is 5.03. The number of hydrogen-bond acceptors (Lipinski definition) is 4. The molecule has 2 amide bonds. The molecule has 6 nitrogen and oxygen atoms in total. The molecule has 2 aromatic carbocycles. The Bertz CT molecular complexity index is 889. The smallest absolute Gasteiger partial charge is 0.311 e. The lowest BCUT2D eigenvalue weighted by atomic mass is 10.1. The first kappa shape index (κ1) is 20.2. The zero-order valence-corrected chi connectivity index (χ0v) is 16.4. The molecule has 1 fully saturated rings. The van der Waals surface area contributed by atoms with Gasteiger partial charge >= 0.3 is 5.97 Å². The monoisotopic (exact) mass is 420 g/mol. The number of ether oxygens (including phenoxy) is 1. The second kappa shape index (κ2) is 9.08. The molecule has 0 aliphatic carbocycles. The van der Waals surface area contributed by atoms with Crippen molar-refractivity contribution in [1.29, 1.82) is 0 Å². The molecule has 146 valence electrons. The van der Waals surface area contributed by atoms with Crippen LogP contribution in [-0.2, 0) is 25.7 Å². The molecule has 1 N–H and O–H groups in total. The van der Waals surface area contributed by atoms with Crippen LogP contribution in [0.3, 0.4) is 0 Å². The summed E-state index contributed by atoms with van der Waals surface area (Å²) in [6.45, 7) is 0.247. The lowest BCUT2D eigenvalue weighted by Crippen LogP contribution is -2.28. The number of benzene rings is 2. The Morgan fingerprint density at radius 2 is 1.86 bits per heavy atom. The number of halogens is 2. The fourth-order valence-corrected chi connectivity index (χ4v) is 3.28. The highest BCUT2D eigenvalue weighted by Gasteiger charge is 2.35. The van der Waals surface area contributed by atoms with Crippen LogP contribution in [-0.4, -0.2) is 35.8 Å². The molecule has 28 heavy (non-hydrogen) atoms. The van der Waals surface area contributed by atoms with Gasteiger partial charge in [-0.25, -0.2) is 0 Å². The van der Waals surface area contributed by atoms with Crippen LogP contribution in [0.15, 0.2) is 48.5 Å². The van der Waals surface area contributed by atoms with Crippen molar-refractivity contribution in [3.05, 3.63) is 64.1 Å². The van der Waals surface area contributed by atoms with E-state index in [0.717, 1.165) is 5.56 Å². The highest BCUT2D eigenvalue weighted by molar-refractivity contribution is 6.44. The predicted octanol–water partition coefficient (Wildman–Crippen LogP) is 3.52. The Morgan fingerprint density at radius 1 is 1.11 bits per heavy atom. The molecule has 1 atom stereocenters. The Balaban J connectivity index is 1.49. The van der Waals surface area contributed by atoms with Crippen LogP contribution in [0.1, 0.15) is 12.0 Å². The molecule has 0 bridgehead atoms. The lowest BCUT2D eigenvalue weighted by molar-refractivity contribution is -0.151. The van der Waals surface area contributed by atoms with Gasteiger partial charge < -0.3 is 15.0 Å². The summed E-state index contributed by atoms with van der Waals surface area (Å²) in [6, 6.07) is 14.4. The van der Waals surface area contributed by atoms with Crippen LogP contribution >= 0.6 is 23.2 Å². The lowest BCUT2D eigenvalue weighted by Gasteiger charge is -2.16. The minimum absolute atomic E-state index is 0.0768. The second-order valence-electron chi connectivity index (χ2n) is 6.42. The van der Waals surface area contributed by atoms with E-state index >= 15 is 0 Å². The highest BCUT2D eigenvalue weighted by atomic mass is 35.5. The van der Waals surface area contributed by atoms with E-state index in [-0.39, 0.29) is 23.9 Å². The van der Waals surface area contributed by atoms with Gasteiger partial charge in [0.2, 0.25) is 5.91 Å². The van der Waals surface area contributed by atoms with Crippen LogP contribution in [0.4, 0.5) is 5.69 Å². The molecular formula is C20H18Cl2N2O4. The van der Waals surface area contributed by atoms with Gasteiger partial charge in [0, 0.05) is 19.5 Å².